The fourth-order valence-electron chi connectivity index (χ4n) is 1.38. The van der Waals surface area contributed by atoms with Crippen LogP contribution in [0.4, 0.5) is 0 Å². The molecule has 1 aromatic heterocycles. The van der Waals surface area contributed by atoms with Gasteiger partial charge in [0.1, 0.15) is 0 Å². The fourth-order valence-corrected chi connectivity index (χ4v) is 2.99. The number of benzene rings is 1. The lowest BCUT2D eigenvalue weighted by Gasteiger charge is -2.02. The maximum atomic E-state index is 12.0. The van der Waals surface area contributed by atoms with E-state index in [2.05, 4.69) is 15.9 Å². The number of carbonyl (C=O) groups is 1. The molecule has 0 unspecified atom stereocenters. The van der Waals surface area contributed by atoms with Gasteiger partial charge in [0, 0.05) is 26.4 Å². The number of hydrogen-bond donors (Lipinski definition) is 0. The van der Waals surface area contributed by atoms with E-state index in [-0.39, 0.29) is 5.78 Å². The van der Waals surface area contributed by atoms with Crippen LogP contribution in [-0.4, -0.2) is 5.78 Å². The van der Waals surface area contributed by atoms with Crippen LogP contribution < -0.4 is 0 Å². The second-order valence-electron chi connectivity index (χ2n) is 3.30. The second kappa shape index (κ2) is 5.13. The summed E-state index contributed by atoms with van der Waals surface area (Å²) in [5.41, 5.74) is 0.679. The SMILES string of the molecule is O=C(Cc1cccs1)c1ccc(Cl)cc1Br. The normalized spacial score (nSPS) is 10.4. The van der Waals surface area contributed by atoms with Gasteiger partial charge in [0.2, 0.25) is 0 Å². The third-order valence-corrected chi connectivity index (χ3v) is 3.91. The Hall–Kier alpha value is -0.640. The van der Waals surface area contributed by atoms with Crippen LogP contribution in [0.5, 0.6) is 0 Å². The van der Waals surface area contributed by atoms with Crippen molar-refractivity contribution in [2.45, 2.75) is 6.42 Å². The zero-order valence-corrected chi connectivity index (χ0v) is 11.4. The van der Waals surface area contributed by atoms with E-state index in [0.29, 0.717) is 17.0 Å². The summed E-state index contributed by atoms with van der Waals surface area (Å²) >= 11 is 10.8. The van der Waals surface area contributed by atoms with Crippen molar-refractivity contribution in [3.63, 3.8) is 0 Å². The predicted octanol–water partition coefficient (Wildman–Crippen LogP) is 4.59. The lowest BCUT2D eigenvalue weighted by atomic mass is 10.1. The fraction of sp³-hybridized carbons (Fsp3) is 0.0833. The van der Waals surface area contributed by atoms with E-state index in [9.17, 15) is 4.79 Å². The topological polar surface area (TPSA) is 17.1 Å². The monoisotopic (exact) mass is 314 g/mol. The molecule has 1 heterocycles. The summed E-state index contributed by atoms with van der Waals surface area (Å²) in [5, 5.41) is 2.60. The smallest absolute Gasteiger partial charge is 0.169 e. The molecule has 0 saturated carbocycles. The van der Waals surface area contributed by atoms with Gasteiger partial charge in [-0.25, -0.2) is 0 Å². The molecule has 1 aromatic carbocycles. The molecule has 0 saturated heterocycles. The summed E-state index contributed by atoms with van der Waals surface area (Å²) in [6, 6.07) is 9.14. The van der Waals surface area contributed by atoms with Crippen LogP contribution in [0.1, 0.15) is 15.2 Å². The Bertz CT molecular complexity index is 508. The van der Waals surface area contributed by atoms with Crippen molar-refractivity contribution < 1.29 is 4.79 Å². The van der Waals surface area contributed by atoms with Crippen molar-refractivity contribution in [1.29, 1.82) is 0 Å². The average Bonchev–Trinajstić information content (AvgIpc) is 2.70. The lowest BCUT2D eigenvalue weighted by Crippen LogP contribution is -2.03. The highest BCUT2D eigenvalue weighted by molar-refractivity contribution is 9.10. The Morgan fingerprint density at radius 2 is 2.19 bits per heavy atom. The molecule has 0 radical (unpaired) electrons. The minimum absolute atomic E-state index is 0.103. The van der Waals surface area contributed by atoms with Crippen molar-refractivity contribution in [1.82, 2.24) is 0 Å². The van der Waals surface area contributed by atoms with Crippen LogP contribution in [-0.2, 0) is 6.42 Å². The van der Waals surface area contributed by atoms with Gasteiger partial charge in [-0.2, -0.15) is 0 Å². The minimum Gasteiger partial charge on any atom is -0.294 e. The van der Waals surface area contributed by atoms with Gasteiger partial charge < -0.3 is 0 Å². The Morgan fingerprint density at radius 1 is 1.38 bits per heavy atom. The van der Waals surface area contributed by atoms with Gasteiger partial charge >= 0.3 is 0 Å². The second-order valence-corrected chi connectivity index (χ2v) is 5.63. The van der Waals surface area contributed by atoms with Crippen molar-refractivity contribution in [3.8, 4) is 0 Å². The standard InChI is InChI=1S/C12H8BrClOS/c13-11-6-8(14)3-4-10(11)12(15)7-9-2-1-5-16-9/h1-6H,7H2. The third kappa shape index (κ3) is 2.73. The molecule has 0 atom stereocenters. The predicted molar refractivity (Wildman–Crippen MR) is 71.5 cm³/mol. The first-order chi connectivity index (χ1) is 7.66. The van der Waals surface area contributed by atoms with Gasteiger partial charge in [-0.1, -0.05) is 17.7 Å². The molecule has 16 heavy (non-hydrogen) atoms. The molecule has 82 valence electrons. The van der Waals surface area contributed by atoms with E-state index in [1.165, 1.54) is 0 Å². The van der Waals surface area contributed by atoms with Gasteiger partial charge in [0.05, 0.1) is 0 Å². The summed E-state index contributed by atoms with van der Waals surface area (Å²) < 4.78 is 0.751. The first-order valence-corrected chi connectivity index (χ1v) is 6.72. The molecule has 0 aliphatic carbocycles. The Kier molecular flexibility index (Phi) is 3.79. The molecule has 0 aliphatic heterocycles. The molecule has 2 rings (SSSR count). The Labute approximate surface area is 111 Å². The molecule has 0 fully saturated rings. The third-order valence-electron chi connectivity index (χ3n) is 2.15. The van der Waals surface area contributed by atoms with Crippen LogP contribution >= 0.6 is 38.9 Å². The number of thiophene rings is 1. The zero-order chi connectivity index (χ0) is 11.5. The molecule has 0 N–H and O–H groups in total. The molecular weight excluding hydrogens is 308 g/mol. The lowest BCUT2D eigenvalue weighted by molar-refractivity contribution is 0.0993. The van der Waals surface area contributed by atoms with Crippen molar-refractivity contribution >= 4 is 44.7 Å². The summed E-state index contributed by atoms with van der Waals surface area (Å²) in [5.74, 6) is 0.103. The Balaban J connectivity index is 2.21. The molecular formula is C12H8BrClOS. The molecule has 4 heteroatoms. The Morgan fingerprint density at radius 3 is 2.81 bits per heavy atom. The largest absolute Gasteiger partial charge is 0.294 e. The molecule has 2 aromatic rings. The van der Waals surface area contributed by atoms with Crippen LogP contribution in [0, 0.1) is 0 Å². The maximum absolute atomic E-state index is 12.0. The van der Waals surface area contributed by atoms with E-state index >= 15 is 0 Å². The highest BCUT2D eigenvalue weighted by atomic mass is 79.9. The first kappa shape index (κ1) is 11.8. The highest BCUT2D eigenvalue weighted by Crippen LogP contribution is 2.23. The quantitative estimate of drug-likeness (QED) is 0.757. The number of hydrogen-bond acceptors (Lipinski definition) is 2. The van der Waals surface area contributed by atoms with Crippen LogP contribution in [0.25, 0.3) is 0 Å². The van der Waals surface area contributed by atoms with Gasteiger partial charge in [0.15, 0.2) is 5.78 Å². The van der Waals surface area contributed by atoms with Crippen LogP contribution in [0.2, 0.25) is 5.02 Å². The number of rotatable bonds is 3. The highest BCUT2D eigenvalue weighted by Gasteiger charge is 2.11. The molecule has 0 aliphatic rings. The summed E-state index contributed by atoms with van der Waals surface area (Å²) in [6.45, 7) is 0. The number of ketones is 1. The number of halogens is 2. The van der Waals surface area contributed by atoms with E-state index in [0.717, 1.165) is 9.35 Å². The minimum atomic E-state index is 0.103. The van der Waals surface area contributed by atoms with E-state index < -0.39 is 0 Å². The zero-order valence-electron chi connectivity index (χ0n) is 8.24. The summed E-state index contributed by atoms with van der Waals surface area (Å²) in [7, 11) is 0. The molecule has 0 amide bonds. The molecule has 0 spiro atoms. The van der Waals surface area contributed by atoms with Crippen molar-refractivity contribution in [2.24, 2.45) is 0 Å². The van der Waals surface area contributed by atoms with Gasteiger partial charge in [0.25, 0.3) is 0 Å². The van der Waals surface area contributed by atoms with Gasteiger partial charge in [-0.15, -0.1) is 11.3 Å². The van der Waals surface area contributed by atoms with Gasteiger partial charge in [-0.3, -0.25) is 4.79 Å². The average molecular weight is 316 g/mol. The van der Waals surface area contributed by atoms with Crippen molar-refractivity contribution in [3.05, 3.63) is 55.6 Å². The summed E-state index contributed by atoms with van der Waals surface area (Å²) in [6.07, 6.45) is 0.442. The van der Waals surface area contributed by atoms with Crippen LogP contribution in [0.3, 0.4) is 0 Å². The molecule has 1 nitrogen and oxygen atoms in total. The van der Waals surface area contributed by atoms with Crippen molar-refractivity contribution in [2.75, 3.05) is 0 Å². The number of Topliss-reactive ketones (excluding diaryl/α,β-unsaturated/α-hetero) is 1. The molecule has 0 bridgehead atoms. The van der Waals surface area contributed by atoms with E-state index in [1.54, 1.807) is 29.5 Å². The van der Waals surface area contributed by atoms with E-state index in [4.69, 9.17) is 11.6 Å². The number of carbonyl (C=O) groups excluding carboxylic acids is 1. The van der Waals surface area contributed by atoms with E-state index in [1.807, 2.05) is 17.5 Å². The maximum Gasteiger partial charge on any atom is 0.169 e. The van der Waals surface area contributed by atoms with Gasteiger partial charge in [-0.05, 0) is 45.6 Å². The first-order valence-electron chi connectivity index (χ1n) is 4.67. The van der Waals surface area contributed by atoms with Crippen LogP contribution in [0.15, 0.2) is 40.2 Å². The summed E-state index contributed by atoms with van der Waals surface area (Å²) in [4.78, 5) is 13.1.